The van der Waals surface area contributed by atoms with E-state index in [0.29, 0.717) is 13.2 Å². The van der Waals surface area contributed by atoms with Crippen LogP contribution in [0.1, 0.15) is 27.7 Å². The molecule has 106 valence electrons. The predicted molar refractivity (Wildman–Crippen MR) is 68.2 cm³/mol. The summed E-state index contributed by atoms with van der Waals surface area (Å²) < 4.78 is 9.98. The van der Waals surface area contributed by atoms with Crippen LogP contribution in [0.15, 0.2) is 0 Å². The zero-order valence-corrected chi connectivity index (χ0v) is 11.8. The second-order valence-electron chi connectivity index (χ2n) is 4.98. The maximum atomic E-state index is 11.6. The molecule has 0 aliphatic carbocycles. The van der Waals surface area contributed by atoms with Crippen molar-refractivity contribution < 1.29 is 19.1 Å². The third kappa shape index (κ3) is 8.95. The molecule has 0 rings (SSSR count). The van der Waals surface area contributed by atoms with E-state index in [1.165, 1.54) is 0 Å². The summed E-state index contributed by atoms with van der Waals surface area (Å²) in [6.07, 6.45) is 0. The van der Waals surface area contributed by atoms with Crippen molar-refractivity contribution in [3.8, 4) is 0 Å². The van der Waals surface area contributed by atoms with E-state index in [-0.39, 0.29) is 18.4 Å². The quantitative estimate of drug-likeness (QED) is 0.500. The largest absolute Gasteiger partial charge is 0.459 e. The van der Waals surface area contributed by atoms with Gasteiger partial charge in [0, 0.05) is 13.7 Å². The molecule has 6 heteroatoms. The van der Waals surface area contributed by atoms with Crippen molar-refractivity contribution in [2.75, 3.05) is 26.8 Å². The normalized spacial score (nSPS) is 12.9. The molecule has 0 aromatic carbocycles. The first-order chi connectivity index (χ1) is 8.26. The minimum atomic E-state index is -0.520. The molecule has 18 heavy (non-hydrogen) atoms. The number of methoxy groups -OCH3 is 1. The first-order valence-electron chi connectivity index (χ1n) is 5.98. The smallest absolute Gasteiger partial charge is 0.323 e. The van der Waals surface area contributed by atoms with Gasteiger partial charge in [-0.05, 0) is 27.7 Å². The fraction of sp³-hybridized carbons (Fsp3) is 0.833. The number of esters is 1. The minimum Gasteiger partial charge on any atom is -0.459 e. The van der Waals surface area contributed by atoms with Gasteiger partial charge in [0.2, 0.25) is 5.91 Å². The van der Waals surface area contributed by atoms with E-state index in [1.54, 1.807) is 34.8 Å². The highest BCUT2D eigenvalue weighted by atomic mass is 16.6. The Morgan fingerprint density at radius 1 is 1.28 bits per heavy atom. The first-order valence-corrected chi connectivity index (χ1v) is 5.98. The molecule has 1 atom stereocenters. The van der Waals surface area contributed by atoms with Gasteiger partial charge in [-0.1, -0.05) is 0 Å². The van der Waals surface area contributed by atoms with Gasteiger partial charge in [-0.3, -0.25) is 14.9 Å². The van der Waals surface area contributed by atoms with Crippen LogP contribution in [-0.4, -0.2) is 50.3 Å². The summed E-state index contributed by atoms with van der Waals surface area (Å²) in [6, 6.07) is -0.516. The summed E-state index contributed by atoms with van der Waals surface area (Å²) >= 11 is 0. The number of carbonyl (C=O) groups is 2. The number of hydrogen-bond acceptors (Lipinski definition) is 5. The van der Waals surface area contributed by atoms with Crippen LogP contribution in [0.2, 0.25) is 0 Å². The molecule has 1 unspecified atom stereocenters. The SMILES string of the molecule is COCCNC(=O)CNC(C)C(=O)OC(C)(C)C. The molecular formula is C12H24N2O4. The highest BCUT2D eigenvalue weighted by Crippen LogP contribution is 2.07. The Morgan fingerprint density at radius 2 is 1.89 bits per heavy atom. The molecule has 0 fully saturated rings. The number of hydrogen-bond donors (Lipinski definition) is 2. The van der Waals surface area contributed by atoms with Crippen molar-refractivity contribution >= 4 is 11.9 Å². The van der Waals surface area contributed by atoms with Crippen LogP contribution in [0.5, 0.6) is 0 Å². The van der Waals surface area contributed by atoms with Crippen LogP contribution in [-0.2, 0) is 19.1 Å². The number of ether oxygens (including phenoxy) is 2. The van der Waals surface area contributed by atoms with E-state index < -0.39 is 11.6 Å². The van der Waals surface area contributed by atoms with E-state index in [2.05, 4.69) is 10.6 Å². The second-order valence-corrected chi connectivity index (χ2v) is 4.98. The molecule has 0 aromatic rings. The number of carbonyl (C=O) groups excluding carboxylic acids is 2. The molecule has 2 N–H and O–H groups in total. The summed E-state index contributed by atoms with van der Waals surface area (Å²) in [4.78, 5) is 22.9. The first kappa shape index (κ1) is 16.9. The lowest BCUT2D eigenvalue weighted by Gasteiger charge is -2.22. The van der Waals surface area contributed by atoms with E-state index in [9.17, 15) is 9.59 Å². The average Bonchev–Trinajstić information content (AvgIpc) is 2.23. The molecule has 0 spiro atoms. The van der Waals surface area contributed by atoms with Crippen LogP contribution >= 0.6 is 0 Å². The fourth-order valence-corrected chi connectivity index (χ4v) is 1.07. The summed E-state index contributed by atoms with van der Waals surface area (Å²) in [5.41, 5.74) is -0.520. The van der Waals surface area contributed by atoms with Crippen LogP contribution in [0.25, 0.3) is 0 Å². The van der Waals surface area contributed by atoms with Gasteiger partial charge in [0.25, 0.3) is 0 Å². The van der Waals surface area contributed by atoms with Crippen molar-refractivity contribution in [1.82, 2.24) is 10.6 Å². The summed E-state index contributed by atoms with van der Waals surface area (Å²) in [7, 11) is 1.56. The summed E-state index contributed by atoms with van der Waals surface area (Å²) in [5, 5.41) is 5.45. The molecule has 0 bridgehead atoms. The van der Waals surface area contributed by atoms with E-state index >= 15 is 0 Å². The molecule has 0 saturated heterocycles. The number of nitrogens with one attached hydrogen (secondary N) is 2. The standard InChI is InChI=1S/C12H24N2O4/c1-9(11(16)18-12(2,3)4)14-8-10(15)13-6-7-17-5/h9,14H,6-8H2,1-5H3,(H,13,15). The van der Waals surface area contributed by atoms with Crippen LogP contribution in [0, 0.1) is 0 Å². The molecule has 0 radical (unpaired) electrons. The molecule has 0 aromatic heterocycles. The Morgan fingerprint density at radius 3 is 2.39 bits per heavy atom. The molecule has 0 aliphatic heterocycles. The van der Waals surface area contributed by atoms with E-state index in [4.69, 9.17) is 9.47 Å². The maximum Gasteiger partial charge on any atom is 0.323 e. The van der Waals surface area contributed by atoms with Crippen LogP contribution < -0.4 is 10.6 Å². The molecule has 0 heterocycles. The average molecular weight is 260 g/mol. The molecule has 0 aliphatic rings. The molecule has 0 saturated carbocycles. The monoisotopic (exact) mass is 260 g/mol. The van der Waals surface area contributed by atoms with Crippen LogP contribution in [0.3, 0.4) is 0 Å². The second kappa shape index (κ2) is 8.05. The maximum absolute atomic E-state index is 11.6. The van der Waals surface area contributed by atoms with Crippen molar-refractivity contribution in [3.63, 3.8) is 0 Å². The van der Waals surface area contributed by atoms with Crippen LogP contribution in [0.4, 0.5) is 0 Å². The zero-order chi connectivity index (χ0) is 14.2. The van der Waals surface area contributed by atoms with Crippen molar-refractivity contribution in [2.24, 2.45) is 0 Å². The van der Waals surface area contributed by atoms with E-state index in [0.717, 1.165) is 0 Å². The Kier molecular flexibility index (Phi) is 7.54. The lowest BCUT2D eigenvalue weighted by molar-refractivity contribution is -0.156. The van der Waals surface area contributed by atoms with Gasteiger partial charge in [-0.15, -0.1) is 0 Å². The fourth-order valence-electron chi connectivity index (χ4n) is 1.07. The van der Waals surface area contributed by atoms with Gasteiger partial charge in [-0.2, -0.15) is 0 Å². The zero-order valence-electron chi connectivity index (χ0n) is 11.8. The van der Waals surface area contributed by atoms with Gasteiger partial charge < -0.3 is 14.8 Å². The van der Waals surface area contributed by atoms with Crippen molar-refractivity contribution in [1.29, 1.82) is 0 Å². The van der Waals surface area contributed by atoms with Gasteiger partial charge in [0.1, 0.15) is 11.6 Å². The third-order valence-corrected chi connectivity index (χ3v) is 1.96. The van der Waals surface area contributed by atoms with Crippen molar-refractivity contribution in [3.05, 3.63) is 0 Å². The number of rotatable bonds is 7. The molecule has 1 amide bonds. The molecule has 6 nitrogen and oxygen atoms in total. The predicted octanol–water partition coefficient (Wildman–Crippen LogP) is 0.0688. The lowest BCUT2D eigenvalue weighted by atomic mass is 10.2. The summed E-state index contributed by atoms with van der Waals surface area (Å²) in [6.45, 7) is 8.06. The molecular weight excluding hydrogens is 236 g/mol. The highest BCUT2D eigenvalue weighted by molar-refractivity contribution is 5.80. The Labute approximate surface area is 108 Å². The van der Waals surface area contributed by atoms with E-state index in [1.807, 2.05) is 0 Å². The Hall–Kier alpha value is -1.14. The van der Waals surface area contributed by atoms with Gasteiger partial charge in [0.15, 0.2) is 0 Å². The topological polar surface area (TPSA) is 76.7 Å². The lowest BCUT2D eigenvalue weighted by Crippen LogP contribution is -2.44. The number of amides is 1. The minimum absolute atomic E-state index is 0.0735. The Balaban J connectivity index is 3.85. The third-order valence-electron chi connectivity index (χ3n) is 1.96. The van der Waals surface area contributed by atoms with Gasteiger partial charge in [0.05, 0.1) is 13.2 Å². The van der Waals surface area contributed by atoms with Gasteiger partial charge >= 0.3 is 5.97 Å². The Bertz CT molecular complexity index is 274. The highest BCUT2D eigenvalue weighted by Gasteiger charge is 2.21. The van der Waals surface area contributed by atoms with Crippen molar-refractivity contribution in [2.45, 2.75) is 39.3 Å². The van der Waals surface area contributed by atoms with Gasteiger partial charge in [-0.25, -0.2) is 0 Å². The summed E-state index contributed by atoms with van der Waals surface area (Å²) in [5.74, 6) is -0.547.